The van der Waals surface area contributed by atoms with Gasteiger partial charge in [-0.25, -0.2) is 0 Å². The monoisotopic (exact) mass is 300 g/mol. The number of aliphatic hydroxyl groups excluding tert-OH is 1. The summed E-state index contributed by atoms with van der Waals surface area (Å²) in [6.45, 7) is 0.548. The summed E-state index contributed by atoms with van der Waals surface area (Å²) in [5.74, 6) is 0. The van der Waals surface area contributed by atoms with Crippen molar-refractivity contribution in [3.05, 3.63) is 47.3 Å². The molecule has 0 bridgehead atoms. The number of nitrogens with zero attached hydrogens (tertiary/aromatic N) is 3. The Kier molecular flexibility index (Phi) is 4.59. The van der Waals surface area contributed by atoms with Gasteiger partial charge in [0.2, 0.25) is 0 Å². The summed E-state index contributed by atoms with van der Waals surface area (Å²) in [5, 5.41) is 20.3. The van der Waals surface area contributed by atoms with Crippen molar-refractivity contribution >= 4 is 0 Å². The maximum atomic E-state index is 12.6. The van der Waals surface area contributed by atoms with Crippen LogP contribution in [0.4, 0.5) is 13.2 Å². The number of hydrogen-bond donors (Lipinski definition) is 2. The van der Waals surface area contributed by atoms with E-state index in [0.717, 1.165) is 17.8 Å². The average molecular weight is 300 g/mol. The van der Waals surface area contributed by atoms with Crippen LogP contribution in [-0.2, 0) is 19.8 Å². The summed E-state index contributed by atoms with van der Waals surface area (Å²) >= 11 is 0. The summed E-state index contributed by atoms with van der Waals surface area (Å²) in [6, 6.07) is 4.68. The first-order valence-electron chi connectivity index (χ1n) is 6.27. The van der Waals surface area contributed by atoms with Gasteiger partial charge >= 0.3 is 6.18 Å². The lowest BCUT2D eigenvalue weighted by molar-refractivity contribution is -0.137. The van der Waals surface area contributed by atoms with Crippen molar-refractivity contribution in [2.75, 3.05) is 6.54 Å². The van der Waals surface area contributed by atoms with Gasteiger partial charge in [-0.05, 0) is 17.7 Å². The van der Waals surface area contributed by atoms with E-state index in [1.165, 1.54) is 12.1 Å². The molecular weight excluding hydrogens is 285 g/mol. The lowest BCUT2D eigenvalue weighted by Crippen LogP contribution is -2.22. The van der Waals surface area contributed by atoms with Gasteiger partial charge in [-0.1, -0.05) is 17.3 Å². The molecule has 0 radical (unpaired) electrons. The molecule has 1 unspecified atom stereocenters. The Labute approximate surface area is 119 Å². The quantitative estimate of drug-likeness (QED) is 0.881. The summed E-state index contributed by atoms with van der Waals surface area (Å²) in [7, 11) is 1.73. The molecule has 0 spiro atoms. The van der Waals surface area contributed by atoms with E-state index in [2.05, 4.69) is 15.6 Å². The maximum absolute atomic E-state index is 12.6. The van der Waals surface area contributed by atoms with Crippen LogP contribution >= 0.6 is 0 Å². The van der Waals surface area contributed by atoms with Gasteiger partial charge < -0.3 is 10.4 Å². The smallest absolute Gasteiger partial charge is 0.387 e. The van der Waals surface area contributed by atoms with Crippen molar-refractivity contribution < 1.29 is 18.3 Å². The second kappa shape index (κ2) is 6.23. The molecule has 0 amide bonds. The minimum absolute atomic E-state index is 0.131. The molecule has 0 aliphatic carbocycles. The minimum Gasteiger partial charge on any atom is -0.387 e. The Balaban J connectivity index is 1.94. The Morgan fingerprint density at radius 1 is 1.38 bits per heavy atom. The molecule has 1 atom stereocenters. The lowest BCUT2D eigenvalue weighted by Gasteiger charge is -2.14. The summed E-state index contributed by atoms with van der Waals surface area (Å²) < 4.78 is 39.4. The van der Waals surface area contributed by atoms with Crippen LogP contribution < -0.4 is 5.32 Å². The third kappa shape index (κ3) is 4.02. The zero-order valence-electron chi connectivity index (χ0n) is 11.3. The highest BCUT2D eigenvalue weighted by Crippen LogP contribution is 2.30. The van der Waals surface area contributed by atoms with E-state index < -0.39 is 17.8 Å². The first-order chi connectivity index (χ1) is 9.88. The number of aromatic nitrogens is 3. The number of hydrogen-bond acceptors (Lipinski definition) is 4. The summed E-state index contributed by atoms with van der Waals surface area (Å²) in [6.07, 6.45) is -3.86. The van der Waals surface area contributed by atoms with E-state index in [1.807, 2.05) is 0 Å². The molecule has 114 valence electrons. The van der Waals surface area contributed by atoms with Crippen LogP contribution in [0.1, 0.15) is 22.9 Å². The van der Waals surface area contributed by atoms with E-state index in [0.29, 0.717) is 6.54 Å². The van der Waals surface area contributed by atoms with Gasteiger partial charge in [0.05, 0.1) is 23.6 Å². The van der Waals surface area contributed by atoms with Gasteiger partial charge in [-0.2, -0.15) is 13.2 Å². The van der Waals surface area contributed by atoms with E-state index in [9.17, 15) is 18.3 Å². The van der Waals surface area contributed by atoms with Crippen molar-refractivity contribution in [1.29, 1.82) is 0 Å². The van der Waals surface area contributed by atoms with Crippen molar-refractivity contribution in [3.63, 3.8) is 0 Å². The molecule has 1 heterocycles. The second-order valence-electron chi connectivity index (χ2n) is 4.62. The van der Waals surface area contributed by atoms with Crippen LogP contribution in [0.3, 0.4) is 0 Å². The molecule has 0 fully saturated rings. The van der Waals surface area contributed by atoms with Crippen LogP contribution in [0, 0.1) is 0 Å². The van der Waals surface area contributed by atoms with Crippen LogP contribution in [0.25, 0.3) is 0 Å². The SMILES string of the molecule is Cn1nncc1CNCC(O)c1cccc(C(F)(F)F)c1. The Hall–Kier alpha value is -1.93. The molecule has 2 rings (SSSR count). The number of aryl methyl sites for hydroxylation is 1. The van der Waals surface area contributed by atoms with Crippen molar-refractivity contribution in [3.8, 4) is 0 Å². The zero-order valence-corrected chi connectivity index (χ0v) is 11.3. The largest absolute Gasteiger partial charge is 0.416 e. The second-order valence-corrected chi connectivity index (χ2v) is 4.62. The fourth-order valence-electron chi connectivity index (χ4n) is 1.85. The molecule has 2 aromatic rings. The highest BCUT2D eigenvalue weighted by Gasteiger charge is 2.30. The predicted octanol–water partition coefficient (Wildman–Crippen LogP) is 1.66. The number of benzene rings is 1. The standard InChI is InChI=1S/C13H15F3N4O/c1-20-11(7-18-19-20)6-17-8-12(21)9-3-2-4-10(5-9)13(14,15)16/h2-5,7,12,17,21H,6,8H2,1H3. The first kappa shape index (κ1) is 15.5. The molecule has 0 saturated heterocycles. The van der Waals surface area contributed by atoms with Crippen molar-refractivity contribution in [2.24, 2.45) is 7.05 Å². The maximum Gasteiger partial charge on any atom is 0.416 e. The molecule has 1 aromatic heterocycles. The highest BCUT2D eigenvalue weighted by atomic mass is 19.4. The predicted molar refractivity (Wildman–Crippen MR) is 69.1 cm³/mol. The van der Waals surface area contributed by atoms with E-state index in [4.69, 9.17) is 0 Å². The zero-order chi connectivity index (χ0) is 15.5. The van der Waals surface area contributed by atoms with E-state index in [1.54, 1.807) is 17.9 Å². The van der Waals surface area contributed by atoms with Gasteiger partial charge in [-0.15, -0.1) is 5.10 Å². The number of rotatable bonds is 5. The van der Waals surface area contributed by atoms with Crippen molar-refractivity contribution in [1.82, 2.24) is 20.3 Å². The normalized spacial score (nSPS) is 13.4. The molecule has 21 heavy (non-hydrogen) atoms. The van der Waals surface area contributed by atoms with Gasteiger partial charge in [0.25, 0.3) is 0 Å². The number of nitrogens with one attached hydrogen (secondary N) is 1. The number of halogens is 3. The van der Waals surface area contributed by atoms with Gasteiger partial charge in [0, 0.05) is 20.1 Å². The van der Waals surface area contributed by atoms with Crippen LogP contribution in [-0.4, -0.2) is 26.6 Å². The van der Waals surface area contributed by atoms with Gasteiger partial charge in [-0.3, -0.25) is 4.68 Å². The molecule has 5 nitrogen and oxygen atoms in total. The number of aliphatic hydroxyl groups is 1. The fourth-order valence-corrected chi connectivity index (χ4v) is 1.85. The average Bonchev–Trinajstić information content (AvgIpc) is 2.83. The summed E-state index contributed by atoms with van der Waals surface area (Å²) in [4.78, 5) is 0. The van der Waals surface area contributed by atoms with E-state index in [-0.39, 0.29) is 12.1 Å². The lowest BCUT2D eigenvalue weighted by atomic mass is 10.1. The number of alkyl halides is 3. The molecule has 2 N–H and O–H groups in total. The first-order valence-corrected chi connectivity index (χ1v) is 6.27. The Morgan fingerprint density at radius 3 is 2.76 bits per heavy atom. The highest BCUT2D eigenvalue weighted by molar-refractivity contribution is 5.27. The third-order valence-electron chi connectivity index (χ3n) is 3.05. The topological polar surface area (TPSA) is 63.0 Å². The van der Waals surface area contributed by atoms with Gasteiger partial charge in [0.1, 0.15) is 0 Å². The molecular formula is C13H15F3N4O. The van der Waals surface area contributed by atoms with Crippen LogP contribution in [0.15, 0.2) is 30.5 Å². The van der Waals surface area contributed by atoms with Crippen LogP contribution in [0.5, 0.6) is 0 Å². The Bertz CT molecular complexity index is 597. The molecule has 0 aliphatic rings. The molecule has 0 aliphatic heterocycles. The Morgan fingerprint density at radius 2 is 2.14 bits per heavy atom. The third-order valence-corrected chi connectivity index (χ3v) is 3.05. The van der Waals surface area contributed by atoms with E-state index >= 15 is 0 Å². The van der Waals surface area contributed by atoms with Gasteiger partial charge in [0.15, 0.2) is 0 Å². The molecule has 8 heteroatoms. The summed E-state index contributed by atoms with van der Waals surface area (Å²) in [5.41, 5.74) is 0.265. The molecule has 0 saturated carbocycles. The molecule has 1 aromatic carbocycles. The fraction of sp³-hybridized carbons (Fsp3) is 0.385. The van der Waals surface area contributed by atoms with Crippen molar-refractivity contribution in [2.45, 2.75) is 18.8 Å². The van der Waals surface area contributed by atoms with Crippen LogP contribution in [0.2, 0.25) is 0 Å². The minimum atomic E-state index is -4.41.